The van der Waals surface area contributed by atoms with Gasteiger partial charge in [0, 0.05) is 10.5 Å². The Hall–Kier alpha value is -0.740. The summed E-state index contributed by atoms with van der Waals surface area (Å²) in [6.45, 7) is 3.15. The van der Waals surface area contributed by atoms with Gasteiger partial charge in [0.15, 0.2) is 11.5 Å². The average molecular weight is 258 g/mol. The van der Waals surface area contributed by atoms with Crippen molar-refractivity contribution in [2.75, 3.05) is 13.2 Å². The van der Waals surface area contributed by atoms with E-state index in [1.807, 2.05) is 19.1 Å². The highest BCUT2D eigenvalue weighted by Gasteiger charge is 2.16. The zero-order valence-corrected chi connectivity index (χ0v) is 9.50. The number of hydrogen-bond donors (Lipinski definition) is 1. The van der Waals surface area contributed by atoms with Gasteiger partial charge in [0.05, 0.1) is 0 Å². The zero-order valence-electron chi connectivity index (χ0n) is 7.92. The molecule has 0 saturated carbocycles. The van der Waals surface area contributed by atoms with E-state index in [0.29, 0.717) is 13.2 Å². The van der Waals surface area contributed by atoms with Gasteiger partial charge in [-0.05, 0) is 24.6 Å². The van der Waals surface area contributed by atoms with Gasteiger partial charge >= 0.3 is 0 Å². The number of rotatable bonds is 1. The van der Waals surface area contributed by atoms with Crippen LogP contribution >= 0.6 is 15.9 Å². The summed E-state index contributed by atoms with van der Waals surface area (Å²) in [6.07, 6.45) is 0. The standard InChI is InChI=1S/C10H12BrNO2/c1-6(12)7-4-9-10(5-8(7)11)14-3-2-13-9/h4-6H,2-3,12H2,1H3. The van der Waals surface area contributed by atoms with E-state index in [9.17, 15) is 0 Å². The summed E-state index contributed by atoms with van der Waals surface area (Å²) in [6, 6.07) is 3.83. The van der Waals surface area contributed by atoms with E-state index in [-0.39, 0.29) is 6.04 Å². The molecule has 0 saturated heterocycles. The first-order valence-corrected chi connectivity index (χ1v) is 5.32. The quantitative estimate of drug-likeness (QED) is 0.840. The molecular weight excluding hydrogens is 246 g/mol. The van der Waals surface area contributed by atoms with Crippen molar-refractivity contribution in [3.05, 3.63) is 22.2 Å². The van der Waals surface area contributed by atoms with Crippen LogP contribution in [0.4, 0.5) is 0 Å². The first-order valence-electron chi connectivity index (χ1n) is 4.53. The fraction of sp³-hybridized carbons (Fsp3) is 0.400. The summed E-state index contributed by atoms with van der Waals surface area (Å²) >= 11 is 3.46. The minimum absolute atomic E-state index is 0.0137. The SMILES string of the molecule is CC(N)c1cc2c(cc1Br)OCCO2. The molecule has 0 aliphatic carbocycles. The lowest BCUT2D eigenvalue weighted by Gasteiger charge is -2.20. The van der Waals surface area contributed by atoms with Crippen molar-refractivity contribution >= 4 is 15.9 Å². The highest BCUT2D eigenvalue weighted by molar-refractivity contribution is 9.10. The van der Waals surface area contributed by atoms with E-state index in [1.165, 1.54) is 0 Å². The molecule has 3 nitrogen and oxygen atoms in total. The van der Waals surface area contributed by atoms with E-state index >= 15 is 0 Å². The van der Waals surface area contributed by atoms with Crippen molar-refractivity contribution < 1.29 is 9.47 Å². The van der Waals surface area contributed by atoms with Gasteiger partial charge in [-0.1, -0.05) is 15.9 Å². The third-order valence-corrected chi connectivity index (χ3v) is 2.84. The van der Waals surface area contributed by atoms with Crippen LogP contribution in [-0.4, -0.2) is 13.2 Å². The fourth-order valence-electron chi connectivity index (χ4n) is 1.43. The molecule has 1 aromatic carbocycles. The molecule has 1 heterocycles. The maximum atomic E-state index is 5.82. The van der Waals surface area contributed by atoms with Crippen LogP contribution in [0.1, 0.15) is 18.5 Å². The Labute approximate surface area is 91.3 Å². The molecule has 0 amide bonds. The minimum atomic E-state index is -0.0137. The maximum absolute atomic E-state index is 5.82. The number of nitrogens with two attached hydrogens (primary N) is 1. The molecule has 1 unspecified atom stereocenters. The van der Waals surface area contributed by atoms with Gasteiger partial charge in [0.25, 0.3) is 0 Å². The van der Waals surface area contributed by atoms with Crippen LogP contribution in [0, 0.1) is 0 Å². The number of hydrogen-bond acceptors (Lipinski definition) is 3. The molecule has 2 N–H and O–H groups in total. The van der Waals surface area contributed by atoms with Crippen LogP contribution in [0.5, 0.6) is 11.5 Å². The predicted molar refractivity (Wildman–Crippen MR) is 57.7 cm³/mol. The molecule has 76 valence electrons. The summed E-state index contributed by atoms with van der Waals surface area (Å²) < 4.78 is 11.9. The van der Waals surface area contributed by atoms with Gasteiger partial charge in [-0.2, -0.15) is 0 Å². The molecule has 14 heavy (non-hydrogen) atoms. The first-order chi connectivity index (χ1) is 6.68. The Morgan fingerprint density at radius 3 is 2.43 bits per heavy atom. The van der Waals surface area contributed by atoms with Crippen molar-refractivity contribution in [3.8, 4) is 11.5 Å². The lowest BCUT2D eigenvalue weighted by molar-refractivity contribution is 0.171. The fourth-order valence-corrected chi connectivity index (χ4v) is 2.11. The molecule has 0 fully saturated rings. The van der Waals surface area contributed by atoms with Crippen LogP contribution < -0.4 is 15.2 Å². The molecule has 2 rings (SSSR count). The van der Waals surface area contributed by atoms with Gasteiger partial charge in [0.1, 0.15) is 13.2 Å². The monoisotopic (exact) mass is 257 g/mol. The van der Waals surface area contributed by atoms with Gasteiger partial charge in [-0.25, -0.2) is 0 Å². The Balaban J connectivity index is 2.45. The van der Waals surface area contributed by atoms with Crippen LogP contribution in [0.3, 0.4) is 0 Å². The number of halogens is 1. The zero-order chi connectivity index (χ0) is 10.1. The van der Waals surface area contributed by atoms with Crippen LogP contribution in [0.25, 0.3) is 0 Å². The minimum Gasteiger partial charge on any atom is -0.486 e. The van der Waals surface area contributed by atoms with Gasteiger partial charge in [0.2, 0.25) is 0 Å². The van der Waals surface area contributed by atoms with Gasteiger partial charge < -0.3 is 15.2 Å². The average Bonchev–Trinajstić information content (AvgIpc) is 2.16. The molecule has 0 spiro atoms. The van der Waals surface area contributed by atoms with Crippen molar-refractivity contribution in [3.63, 3.8) is 0 Å². The van der Waals surface area contributed by atoms with Crippen molar-refractivity contribution in [1.29, 1.82) is 0 Å². The summed E-state index contributed by atoms with van der Waals surface area (Å²) in [5, 5.41) is 0. The van der Waals surface area contributed by atoms with Gasteiger partial charge in [-0.15, -0.1) is 0 Å². The molecule has 0 aromatic heterocycles. The molecule has 1 aliphatic heterocycles. The van der Waals surface area contributed by atoms with Crippen molar-refractivity contribution in [2.24, 2.45) is 5.73 Å². The molecule has 1 aromatic rings. The maximum Gasteiger partial charge on any atom is 0.162 e. The van der Waals surface area contributed by atoms with E-state index in [0.717, 1.165) is 21.5 Å². The molecular formula is C10H12BrNO2. The number of benzene rings is 1. The normalized spacial score (nSPS) is 16.5. The van der Waals surface area contributed by atoms with E-state index in [2.05, 4.69) is 15.9 Å². The lowest BCUT2D eigenvalue weighted by Crippen LogP contribution is -2.16. The van der Waals surface area contributed by atoms with E-state index in [4.69, 9.17) is 15.2 Å². The van der Waals surface area contributed by atoms with Crippen LogP contribution in [-0.2, 0) is 0 Å². The smallest absolute Gasteiger partial charge is 0.162 e. The second-order valence-electron chi connectivity index (χ2n) is 3.31. The van der Waals surface area contributed by atoms with E-state index < -0.39 is 0 Å². The summed E-state index contributed by atoms with van der Waals surface area (Å²) in [7, 11) is 0. The van der Waals surface area contributed by atoms with Crippen LogP contribution in [0.2, 0.25) is 0 Å². The molecule has 1 atom stereocenters. The molecule has 1 aliphatic rings. The Kier molecular flexibility index (Phi) is 2.65. The van der Waals surface area contributed by atoms with Crippen molar-refractivity contribution in [2.45, 2.75) is 13.0 Å². The second-order valence-corrected chi connectivity index (χ2v) is 4.16. The molecule has 0 radical (unpaired) electrons. The van der Waals surface area contributed by atoms with E-state index in [1.54, 1.807) is 0 Å². The van der Waals surface area contributed by atoms with Crippen LogP contribution in [0.15, 0.2) is 16.6 Å². The highest BCUT2D eigenvalue weighted by Crippen LogP contribution is 2.37. The Morgan fingerprint density at radius 1 is 1.29 bits per heavy atom. The molecule has 0 bridgehead atoms. The number of fused-ring (bicyclic) bond motifs is 1. The van der Waals surface area contributed by atoms with Gasteiger partial charge in [-0.3, -0.25) is 0 Å². The first kappa shape index (κ1) is 9.80. The topological polar surface area (TPSA) is 44.5 Å². The summed E-state index contributed by atoms with van der Waals surface area (Å²) in [5.74, 6) is 1.57. The summed E-state index contributed by atoms with van der Waals surface area (Å²) in [4.78, 5) is 0. The Bertz CT molecular complexity index is 352. The summed E-state index contributed by atoms with van der Waals surface area (Å²) in [5.41, 5.74) is 6.86. The molecule has 4 heteroatoms. The van der Waals surface area contributed by atoms with Crippen molar-refractivity contribution in [1.82, 2.24) is 0 Å². The Morgan fingerprint density at radius 2 is 1.86 bits per heavy atom. The third-order valence-electron chi connectivity index (χ3n) is 2.15. The number of ether oxygens (including phenoxy) is 2. The lowest BCUT2D eigenvalue weighted by atomic mass is 10.1. The second kappa shape index (κ2) is 3.79. The predicted octanol–water partition coefficient (Wildman–Crippen LogP) is 2.24. The highest BCUT2D eigenvalue weighted by atomic mass is 79.9. The largest absolute Gasteiger partial charge is 0.486 e. The third kappa shape index (κ3) is 1.72.